The van der Waals surface area contributed by atoms with Crippen LogP contribution in [0, 0.1) is 6.92 Å². The summed E-state index contributed by atoms with van der Waals surface area (Å²) in [5, 5.41) is 1.22. The van der Waals surface area contributed by atoms with Crippen LogP contribution < -0.4 is 10.5 Å². The van der Waals surface area contributed by atoms with Gasteiger partial charge in [-0.1, -0.05) is 0 Å². The number of aryl methyl sites for hydroxylation is 1. The molecule has 0 saturated heterocycles. The fourth-order valence-corrected chi connectivity index (χ4v) is 2.45. The minimum absolute atomic E-state index is 0.574. The average Bonchev–Trinajstić information content (AvgIpc) is 2.60. The molecular weight excluding hydrogens is 212 g/mol. The fourth-order valence-electron chi connectivity index (χ4n) is 2.45. The lowest BCUT2D eigenvalue weighted by Crippen LogP contribution is -2.00. The third kappa shape index (κ3) is 1.91. The summed E-state index contributed by atoms with van der Waals surface area (Å²) in [4.78, 5) is 0. The Balaban J connectivity index is 2.67. The monoisotopic (exact) mass is 232 g/mol. The summed E-state index contributed by atoms with van der Waals surface area (Å²) in [6, 6.07) is 6.24. The molecule has 2 aromatic rings. The molecule has 3 nitrogen and oxygen atoms in total. The molecule has 0 bridgehead atoms. The Morgan fingerprint density at radius 3 is 2.65 bits per heavy atom. The number of fused-ring (bicyclic) bond motifs is 1. The van der Waals surface area contributed by atoms with E-state index in [0.29, 0.717) is 13.2 Å². The van der Waals surface area contributed by atoms with Crippen molar-refractivity contribution < 1.29 is 4.74 Å². The van der Waals surface area contributed by atoms with Crippen molar-refractivity contribution in [2.75, 3.05) is 6.61 Å². The molecule has 0 atom stereocenters. The molecular formula is C14H20N2O. The van der Waals surface area contributed by atoms with E-state index in [0.717, 1.165) is 12.3 Å². The number of nitrogens with zero attached hydrogens (tertiary/aromatic N) is 1. The normalized spacial score (nSPS) is 11.1. The van der Waals surface area contributed by atoms with Gasteiger partial charge in [0.15, 0.2) is 0 Å². The van der Waals surface area contributed by atoms with Crippen molar-refractivity contribution in [2.24, 2.45) is 5.73 Å². The molecule has 0 fully saturated rings. The fraction of sp³-hybridized carbons (Fsp3) is 0.429. The van der Waals surface area contributed by atoms with E-state index in [2.05, 4.69) is 30.5 Å². The third-order valence-corrected chi connectivity index (χ3v) is 3.26. The first-order chi connectivity index (χ1) is 8.22. The Hall–Kier alpha value is -1.48. The summed E-state index contributed by atoms with van der Waals surface area (Å²) in [7, 11) is 0. The van der Waals surface area contributed by atoms with Crippen LogP contribution in [0.5, 0.6) is 5.75 Å². The third-order valence-electron chi connectivity index (χ3n) is 3.26. The second-order valence-electron chi connectivity index (χ2n) is 4.12. The molecule has 2 N–H and O–H groups in total. The van der Waals surface area contributed by atoms with Crippen molar-refractivity contribution in [3.05, 3.63) is 29.5 Å². The number of hydrogen-bond acceptors (Lipinski definition) is 2. The van der Waals surface area contributed by atoms with Crippen molar-refractivity contribution in [3.63, 3.8) is 0 Å². The Bertz CT molecular complexity index is 528. The van der Waals surface area contributed by atoms with E-state index < -0.39 is 0 Å². The molecule has 0 spiro atoms. The van der Waals surface area contributed by atoms with Gasteiger partial charge in [-0.25, -0.2) is 0 Å². The minimum Gasteiger partial charge on any atom is -0.494 e. The minimum atomic E-state index is 0.574. The second kappa shape index (κ2) is 4.80. The maximum Gasteiger partial charge on any atom is 0.120 e. The molecule has 1 aromatic carbocycles. The maximum atomic E-state index is 5.85. The van der Waals surface area contributed by atoms with Crippen LogP contribution in [0.2, 0.25) is 0 Å². The van der Waals surface area contributed by atoms with Crippen LogP contribution in [-0.2, 0) is 13.1 Å². The molecule has 0 aliphatic heterocycles. The molecule has 92 valence electrons. The molecule has 0 amide bonds. The van der Waals surface area contributed by atoms with Crippen LogP contribution in [0.4, 0.5) is 0 Å². The molecule has 0 aliphatic rings. The molecule has 2 rings (SSSR count). The van der Waals surface area contributed by atoms with Gasteiger partial charge in [0, 0.05) is 29.7 Å². The second-order valence-corrected chi connectivity index (χ2v) is 4.12. The topological polar surface area (TPSA) is 40.2 Å². The number of rotatable bonds is 4. The van der Waals surface area contributed by atoms with Crippen molar-refractivity contribution in [1.82, 2.24) is 4.57 Å². The highest BCUT2D eigenvalue weighted by atomic mass is 16.5. The molecule has 0 saturated carbocycles. The Morgan fingerprint density at radius 2 is 2.06 bits per heavy atom. The summed E-state index contributed by atoms with van der Waals surface area (Å²) in [5.41, 5.74) is 9.59. The van der Waals surface area contributed by atoms with Crippen molar-refractivity contribution in [2.45, 2.75) is 33.9 Å². The first-order valence-electron chi connectivity index (χ1n) is 6.17. The van der Waals surface area contributed by atoms with Gasteiger partial charge in [-0.2, -0.15) is 0 Å². The summed E-state index contributed by atoms with van der Waals surface area (Å²) in [6.45, 7) is 8.52. The first kappa shape index (κ1) is 12.0. The van der Waals surface area contributed by atoms with Crippen molar-refractivity contribution >= 4 is 10.9 Å². The average molecular weight is 232 g/mol. The number of ether oxygens (including phenoxy) is 1. The van der Waals surface area contributed by atoms with Gasteiger partial charge >= 0.3 is 0 Å². The van der Waals surface area contributed by atoms with E-state index in [1.165, 1.54) is 22.2 Å². The van der Waals surface area contributed by atoms with Crippen LogP contribution in [-0.4, -0.2) is 11.2 Å². The molecule has 0 unspecified atom stereocenters. The standard InChI is InChI=1S/C14H20N2O/c1-4-16-10(3)13(9-15)12-8-11(17-5-2)6-7-14(12)16/h6-8H,4-5,9,15H2,1-3H3. The van der Waals surface area contributed by atoms with Gasteiger partial charge in [-0.15, -0.1) is 0 Å². The summed E-state index contributed by atoms with van der Waals surface area (Å²) < 4.78 is 7.85. The lowest BCUT2D eigenvalue weighted by molar-refractivity contribution is 0.340. The van der Waals surface area contributed by atoms with E-state index >= 15 is 0 Å². The van der Waals surface area contributed by atoms with Gasteiger partial charge in [0.05, 0.1) is 6.61 Å². The molecule has 0 aliphatic carbocycles. The highest BCUT2D eigenvalue weighted by molar-refractivity contribution is 5.86. The molecule has 17 heavy (non-hydrogen) atoms. The lowest BCUT2D eigenvalue weighted by atomic mass is 10.1. The highest BCUT2D eigenvalue weighted by Gasteiger charge is 2.12. The Kier molecular flexibility index (Phi) is 3.38. The van der Waals surface area contributed by atoms with Crippen LogP contribution in [0.3, 0.4) is 0 Å². The molecule has 3 heteroatoms. The van der Waals surface area contributed by atoms with Crippen molar-refractivity contribution in [1.29, 1.82) is 0 Å². The van der Waals surface area contributed by atoms with Gasteiger partial charge in [0.25, 0.3) is 0 Å². The smallest absolute Gasteiger partial charge is 0.120 e. The van der Waals surface area contributed by atoms with Gasteiger partial charge < -0.3 is 15.0 Å². The SMILES string of the molecule is CCOc1ccc2c(c1)c(CN)c(C)n2CC. The van der Waals surface area contributed by atoms with Gasteiger partial charge in [-0.05, 0) is 44.5 Å². The van der Waals surface area contributed by atoms with E-state index in [9.17, 15) is 0 Å². The molecule has 1 heterocycles. The Labute approximate surface area is 102 Å². The largest absolute Gasteiger partial charge is 0.494 e. The quantitative estimate of drug-likeness (QED) is 0.880. The zero-order chi connectivity index (χ0) is 12.4. The van der Waals surface area contributed by atoms with E-state index in [1.807, 2.05) is 13.0 Å². The predicted molar refractivity (Wildman–Crippen MR) is 71.4 cm³/mol. The van der Waals surface area contributed by atoms with E-state index in [4.69, 9.17) is 10.5 Å². The van der Waals surface area contributed by atoms with E-state index in [-0.39, 0.29) is 0 Å². The summed E-state index contributed by atoms with van der Waals surface area (Å²) in [6.07, 6.45) is 0. The number of nitrogens with two attached hydrogens (primary N) is 1. The summed E-state index contributed by atoms with van der Waals surface area (Å²) >= 11 is 0. The van der Waals surface area contributed by atoms with E-state index in [1.54, 1.807) is 0 Å². The zero-order valence-electron chi connectivity index (χ0n) is 10.8. The zero-order valence-corrected chi connectivity index (χ0v) is 10.8. The van der Waals surface area contributed by atoms with Gasteiger partial charge in [0.2, 0.25) is 0 Å². The Morgan fingerprint density at radius 1 is 1.29 bits per heavy atom. The van der Waals surface area contributed by atoms with Crippen LogP contribution in [0.15, 0.2) is 18.2 Å². The van der Waals surface area contributed by atoms with Crippen LogP contribution in [0.25, 0.3) is 10.9 Å². The summed E-state index contributed by atoms with van der Waals surface area (Å²) in [5.74, 6) is 0.919. The van der Waals surface area contributed by atoms with Crippen LogP contribution in [0.1, 0.15) is 25.1 Å². The lowest BCUT2D eigenvalue weighted by Gasteiger charge is -2.05. The molecule has 1 aromatic heterocycles. The molecule has 0 radical (unpaired) electrons. The highest BCUT2D eigenvalue weighted by Crippen LogP contribution is 2.29. The van der Waals surface area contributed by atoms with Crippen LogP contribution >= 0.6 is 0 Å². The van der Waals surface area contributed by atoms with Gasteiger partial charge in [0.1, 0.15) is 5.75 Å². The number of aromatic nitrogens is 1. The van der Waals surface area contributed by atoms with Gasteiger partial charge in [-0.3, -0.25) is 0 Å². The first-order valence-corrected chi connectivity index (χ1v) is 6.17. The number of benzene rings is 1. The maximum absolute atomic E-state index is 5.85. The van der Waals surface area contributed by atoms with Crippen molar-refractivity contribution in [3.8, 4) is 5.75 Å². The predicted octanol–water partition coefficient (Wildman–Crippen LogP) is 2.83. The number of hydrogen-bond donors (Lipinski definition) is 1.